The van der Waals surface area contributed by atoms with Crippen LogP contribution in [0.4, 0.5) is 5.69 Å². The van der Waals surface area contributed by atoms with Gasteiger partial charge in [-0.15, -0.1) is 0 Å². The number of hydrogen-bond donors (Lipinski definition) is 1. The molecule has 0 aromatic heterocycles. The molecule has 30 heavy (non-hydrogen) atoms. The molecule has 3 rings (SSSR count). The highest BCUT2D eigenvalue weighted by atomic mass is 127. The lowest BCUT2D eigenvalue weighted by atomic mass is 10.1. The maximum atomic E-state index is 12.5. The van der Waals surface area contributed by atoms with Crippen molar-refractivity contribution in [3.63, 3.8) is 0 Å². The SMILES string of the molecule is COc1cc(/C=C(\C#N)C(=O)Nc2ccc(I)cc2)ccc1OCc1ccccc1. The molecular weight excluding hydrogens is 491 g/mol. The molecule has 0 saturated carbocycles. The molecule has 150 valence electrons. The van der Waals surface area contributed by atoms with Crippen LogP contribution in [0.15, 0.2) is 78.4 Å². The van der Waals surface area contributed by atoms with Crippen molar-refractivity contribution in [3.8, 4) is 17.6 Å². The summed E-state index contributed by atoms with van der Waals surface area (Å²) in [5, 5.41) is 12.2. The fourth-order valence-electron chi connectivity index (χ4n) is 2.68. The highest BCUT2D eigenvalue weighted by Gasteiger charge is 2.11. The molecule has 0 aliphatic heterocycles. The Kier molecular flexibility index (Phi) is 7.46. The molecule has 0 aliphatic rings. The lowest BCUT2D eigenvalue weighted by Crippen LogP contribution is -2.13. The lowest BCUT2D eigenvalue weighted by Gasteiger charge is -2.11. The Hall–Kier alpha value is -3.31. The summed E-state index contributed by atoms with van der Waals surface area (Å²) in [5.74, 6) is 0.637. The van der Waals surface area contributed by atoms with Gasteiger partial charge in [0.1, 0.15) is 18.2 Å². The van der Waals surface area contributed by atoms with Crippen LogP contribution in [0, 0.1) is 14.9 Å². The number of carbonyl (C=O) groups excluding carboxylic acids is 1. The first kappa shape index (κ1) is 21.4. The molecule has 0 fully saturated rings. The molecule has 0 atom stereocenters. The molecule has 0 aliphatic carbocycles. The number of amides is 1. The van der Waals surface area contributed by atoms with Gasteiger partial charge < -0.3 is 14.8 Å². The van der Waals surface area contributed by atoms with Gasteiger partial charge in [0.25, 0.3) is 5.91 Å². The molecule has 6 heteroatoms. The molecule has 1 amide bonds. The number of rotatable bonds is 7. The predicted molar refractivity (Wildman–Crippen MR) is 125 cm³/mol. The molecule has 0 saturated heterocycles. The van der Waals surface area contributed by atoms with Crippen molar-refractivity contribution < 1.29 is 14.3 Å². The fraction of sp³-hybridized carbons (Fsp3) is 0.0833. The van der Waals surface area contributed by atoms with Gasteiger partial charge in [0.05, 0.1) is 7.11 Å². The zero-order valence-corrected chi connectivity index (χ0v) is 18.4. The molecule has 0 radical (unpaired) electrons. The Morgan fingerprint density at radius 2 is 1.80 bits per heavy atom. The van der Waals surface area contributed by atoms with Gasteiger partial charge in [-0.2, -0.15) is 5.26 Å². The third-order valence-corrected chi connectivity index (χ3v) is 4.92. The Morgan fingerprint density at radius 1 is 1.07 bits per heavy atom. The number of benzene rings is 3. The molecule has 0 unspecified atom stereocenters. The van der Waals surface area contributed by atoms with Gasteiger partial charge in [-0.05, 0) is 76.2 Å². The lowest BCUT2D eigenvalue weighted by molar-refractivity contribution is -0.112. The quantitative estimate of drug-likeness (QED) is 0.262. The second kappa shape index (κ2) is 10.5. The van der Waals surface area contributed by atoms with E-state index in [1.54, 1.807) is 37.4 Å². The van der Waals surface area contributed by atoms with Crippen LogP contribution in [0.5, 0.6) is 11.5 Å². The molecule has 5 nitrogen and oxygen atoms in total. The normalized spacial score (nSPS) is 10.8. The number of anilines is 1. The smallest absolute Gasteiger partial charge is 0.266 e. The summed E-state index contributed by atoms with van der Waals surface area (Å²) in [6.45, 7) is 0.411. The van der Waals surface area contributed by atoms with E-state index in [1.807, 2.05) is 48.5 Å². The van der Waals surface area contributed by atoms with Gasteiger partial charge in [0.15, 0.2) is 11.5 Å². The molecule has 0 heterocycles. The minimum atomic E-state index is -0.470. The van der Waals surface area contributed by atoms with E-state index < -0.39 is 5.91 Å². The second-order valence-corrected chi connectivity index (χ2v) is 7.56. The summed E-state index contributed by atoms with van der Waals surface area (Å²) in [7, 11) is 1.55. The summed E-state index contributed by atoms with van der Waals surface area (Å²) in [6, 6.07) is 24.4. The number of carbonyl (C=O) groups is 1. The minimum absolute atomic E-state index is 0.00597. The van der Waals surface area contributed by atoms with E-state index >= 15 is 0 Å². The topological polar surface area (TPSA) is 71.3 Å². The van der Waals surface area contributed by atoms with Crippen molar-refractivity contribution in [3.05, 3.63) is 93.1 Å². The summed E-state index contributed by atoms with van der Waals surface area (Å²) >= 11 is 2.19. The Labute approximate surface area is 189 Å². The number of nitrogens with one attached hydrogen (secondary N) is 1. The standard InChI is InChI=1S/C24H19IN2O3/c1-29-23-14-18(7-12-22(23)30-16-17-5-3-2-4-6-17)13-19(15-26)24(28)27-21-10-8-20(25)9-11-21/h2-14H,16H2,1H3,(H,27,28)/b19-13+. The van der Waals surface area contributed by atoms with Crippen molar-refractivity contribution in [2.75, 3.05) is 12.4 Å². The fourth-order valence-corrected chi connectivity index (χ4v) is 3.04. The van der Waals surface area contributed by atoms with Gasteiger partial charge in [-0.1, -0.05) is 36.4 Å². The maximum Gasteiger partial charge on any atom is 0.266 e. The summed E-state index contributed by atoms with van der Waals surface area (Å²) in [6.07, 6.45) is 1.52. The average Bonchev–Trinajstić information content (AvgIpc) is 2.78. The molecule has 0 spiro atoms. The van der Waals surface area contributed by atoms with Gasteiger partial charge in [-0.25, -0.2) is 0 Å². The summed E-state index contributed by atoms with van der Waals surface area (Å²) in [5.41, 5.74) is 2.33. The number of nitrogens with zero attached hydrogens (tertiary/aromatic N) is 1. The number of halogens is 1. The van der Waals surface area contributed by atoms with Gasteiger partial charge >= 0.3 is 0 Å². The molecular formula is C24H19IN2O3. The second-order valence-electron chi connectivity index (χ2n) is 6.32. The van der Waals surface area contributed by atoms with Crippen molar-refractivity contribution in [2.45, 2.75) is 6.61 Å². The number of nitriles is 1. The first-order chi connectivity index (χ1) is 14.6. The van der Waals surface area contributed by atoms with Crippen LogP contribution in [0.25, 0.3) is 6.08 Å². The molecule has 0 bridgehead atoms. The number of hydrogen-bond acceptors (Lipinski definition) is 4. The molecule has 3 aromatic carbocycles. The van der Waals surface area contributed by atoms with E-state index in [-0.39, 0.29) is 5.57 Å². The van der Waals surface area contributed by atoms with Crippen LogP contribution in [-0.4, -0.2) is 13.0 Å². The highest BCUT2D eigenvalue weighted by Crippen LogP contribution is 2.29. The first-order valence-corrected chi connectivity index (χ1v) is 10.2. The molecule has 1 N–H and O–H groups in total. The monoisotopic (exact) mass is 510 g/mol. The average molecular weight is 510 g/mol. The van der Waals surface area contributed by atoms with Crippen LogP contribution < -0.4 is 14.8 Å². The van der Waals surface area contributed by atoms with Crippen LogP contribution in [0.2, 0.25) is 0 Å². The minimum Gasteiger partial charge on any atom is -0.493 e. The zero-order valence-electron chi connectivity index (χ0n) is 16.3. The van der Waals surface area contributed by atoms with Crippen molar-refractivity contribution in [1.82, 2.24) is 0 Å². The maximum absolute atomic E-state index is 12.5. The van der Waals surface area contributed by atoms with Crippen LogP contribution in [0.3, 0.4) is 0 Å². The summed E-state index contributed by atoms with van der Waals surface area (Å²) in [4.78, 5) is 12.5. The van der Waals surface area contributed by atoms with E-state index in [9.17, 15) is 10.1 Å². The van der Waals surface area contributed by atoms with Gasteiger partial charge in [0, 0.05) is 9.26 Å². The van der Waals surface area contributed by atoms with Crippen molar-refractivity contribution in [1.29, 1.82) is 5.26 Å². The molecule has 3 aromatic rings. The zero-order chi connectivity index (χ0) is 21.3. The highest BCUT2D eigenvalue weighted by molar-refractivity contribution is 14.1. The van der Waals surface area contributed by atoms with E-state index in [4.69, 9.17) is 9.47 Å². The van der Waals surface area contributed by atoms with Crippen LogP contribution in [-0.2, 0) is 11.4 Å². The van der Waals surface area contributed by atoms with Gasteiger partial charge in [-0.3, -0.25) is 4.79 Å². The third-order valence-electron chi connectivity index (χ3n) is 4.20. The largest absolute Gasteiger partial charge is 0.493 e. The Morgan fingerprint density at radius 3 is 2.47 bits per heavy atom. The van der Waals surface area contributed by atoms with E-state index in [2.05, 4.69) is 27.9 Å². The Balaban J connectivity index is 1.74. The number of ether oxygens (including phenoxy) is 2. The van der Waals surface area contributed by atoms with Crippen molar-refractivity contribution >= 4 is 40.3 Å². The van der Waals surface area contributed by atoms with Crippen molar-refractivity contribution in [2.24, 2.45) is 0 Å². The third kappa shape index (κ3) is 5.84. The Bertz CT molecular complexity index is 1090. The van der Waals surface area contributed by atoms with E-state index in [0.717, 1.165) is 9.13 Å². The van der Waals surface area contributed by atoms with E-state index in [1.165, 1.54) is 6.08 Å². The van der Waals surface area contributed by atoms with Crippen LogP contribution in [0.1, 0.15) is 11.1 Å². The van der Waals surface area contributed by atoms with Crippen LogP contribution >= 0.6 is 22.6 Å². The first-order valence-electron chi connectivity index (χ1n) is 9.12. The van der Waals surface area contributed by atoms with E-state index in [0.29, 0.717) is 29.4 Å². The van der Waals surface area contributed by atoms with Gasteiger partial charge in [0.2, 0.25) is 0 Å². The predicted octanol–water partition coefficient (Wildman–Crippen LogP) is 5.42. The number of methoxy groups -OCH3 is 1. The summed E-state index contributed by atoms with van der Waals surface area (Å²) < 4.78 is 12.3.